The van der Waals surface area contributed by atoms with Gasteiger partial charge in [-0.3, -0.25) is 4.90 Å². The molecule has 1 N–H and O–H groups in total. The van der Waals surface area contributed by atoms with Gasteiger partial charge in [-0.1, -0.05) is 13.8 Å². The molecular formula is C13H30N2O2. The minimum atomic E-state index is 0.505. The highest BCUT2D eigenvalue weighted by atomic mass is 16.5. The summed E-state index contributed by atoms with van der Waals surface area (Å²) < 4.78 is 10.3. The summed E-state index contributed by atoms with van der Waals surface area (Å²) in [7, 11) is 3.50. The van der Waals surface area contributed by atoms with Crippen molar-refractivity contribution < 1.29 is 9.47 Å². The zero-order chi connectivity index (χ0) is 13.1. The molecule has 0 fully saturated rings. The van der Waals surface area contributed by atoms with Crippen molar-refractivity contribution in [2.75, 3.05) is 47.1 Å². The second-order valence-electron chi connectivity index (χ2n) is 4.33. The van der Waals surface area contributed by atoms with Crippen LogP contribution in [0, 0.1) is 0 Å². The van der Waals surface area contributed by atoms with Gasteiger partial charge in [-0.05, 0) is 19.9 Å². The number of nitrogens with zero attached hydrogens (tertiary/aromatic N) is 1. The lowest BCUT2D eigenvalue weighted by Gasteiger charge is -2.34. The first kappa shape index (κ1) is 16.8. The third kappa shape index (κ3) is 6.99. The largest absolute Gasteiger partial charge is 0.383 e. The topological polar surface area (TPSA) is 33.7 Å². The lowest BCUT2D eigenvalue weighted by molar-refractivity contribution is 0.0789. The van der Waals surface area contributed by atoms with Gasteiger partial charge >= 0.3 is 0 Å². The molecule has 0 aliphatic heterocycles. The van der Waals surface area contributed by atoms with Gasteiger partial charge in [0.1, 0.15) is 0 Å². The highest BCUT2D eigenvalue weighted by Crippen LogP contribution is 2.07. The van der Waals surface area contributed by atoms with E-state index in [1.165, 1.54) is 0 Å². The molecule has 0 aromatic rings. The number of likely N-dealkylation sites (N-methyl/N-ethyl adjacent to an activating group) is 1. The van der Waals surface area contributed by atoms with Gasteiger partial charge in [0, 0.05) is 39.4 Å². The lowest BCUT2D eigenvalue weighted by Crippen LogP contribution is -2.50. The Morgan fingerprint density at radius 3 is 1.94 bits per heavy atom. The van der Waals surface area contributed by atoms with Gasteiger partial charge in [0.05, 0.1) is 13.2 Å². The van der Waals surface area contributed by atoms with Crippen LogP contribution >= 0.6 is 0 Å². The molecule has 0 amide bonds. The Bertz CT molecular complexity index is 159. The molecule has 0 heterocycles. The minimum Gasteiger partial charge on any atom is -0.383 e. The van der Waals surface area contributed by atoms with E-state index in [9.17, 15) is 0 Å². The molecule has 0 aromatic heterocycles. The molecule has 104 valence electrons. The fourth-order valence-electron chi connectivity index (χ4n) is 2.11. The van der Waals surface area contributed by atoms with Crippen molar-refractivity contribution in [3.8, 4) is 0 Å². The molecule has 0 saturated carbocycles. The van der Waals surface area contributed by atoms with Crippen molar-refractivity contribution in [1.29, 1.82) is 0 Å². The van der Waals surface area contributed by atoms with Crippen molar-refractivity contribution in [2.45, 2.75) is 39.3 Å². The highest BCUT2D eigenvalue weighted by Gasteiger charge is 2.20. The number of hydrogen-bond donors (Lipinski definition) is 1. The second-order valence-corrected chi connectivity index (χ2v) is 4.33. The Morgan fingerprint density at radius 2 is 1.59 bits per heavy atom. The molecule has 0 aliphatic rings. The molecule has 0 bridgehead atoms. The third-order valence-electron chi connectivity index (χ3n) is 3.23. The first-order valence-corrected chi connectivity index (χ1v) is 6.66. The molecular weight excluding hydrogens is 216 g/mol. The number of hydrogen-bond acceptors (Lipinski definition) is 4. The van der Waals surface area contributed by atoms with Crippen molar-refractivity contribution >= 4 is 0 Å². The van der Waals surface area contributed by atoms with Crippen LogP contribution in [0.15, 0.2) is 0 Å². The Labute approximate surface area is 107 Å². The van der Waals surface area contributed by atoms with Crippen LogP contribution in [0.1, 0.15) is 27.2 Å². The van der Waals surface area contributed by atoms with Crippen LogP contribution in [0.4, 0.5) is 0 Å². The van der Waals surface area contributed by atoms with Gasteiger partial charge < -0.3 is 14.8 Å². The predicted octanol–water partition coefficient (Wildman–Crippen LogP) is 1.36. The van der Waals surface area contributed by atoms with Crippen molar-refractivity contribution in [1.82, 2.24) is 10.2 Å². The lowest BCUT2D eigenvalue weighted by atomic mass is 10.1. The Balaban J connectivity index is 4.29. The average molecular weight is 246 g/mol. The van der Waals surface area contributed by atoms with Crippen LogP contribution in [0.25, 0.3) is 0 Å². The maximum Gasteiger partial charge on any atom is 0.0589 e. The summed E-state index contributed by atoms with van der Waals surface area (Å²) >= 11 is 0. The molecule has 0 aromatic carbocycles. The molecule has 2 atom stereocenters. The Kier molecular flexibility index (Phi) is 10.9. The molecule has 4 heteroatoms. The standard InChI is InChI=1S/C13H30N2O2/c1-6-13(14-7-2)12(3)15(8-10-16-4)9-11-17-5/h12-14H,6-11H2,1-5H3. The van der Waals surface area contributed by atoms with Crippen LogP contribution in [0.2, 0.25) is 0 Å². The smallest absolute Gasteiger partial charge is 0.0589 e. The summed E-state index contributed by atoms with van der Waals surface area (Å²) in [4.78, 5) is 2.43. The first-order valence-electron chi connectivity index (χ1n) is 6.66. The van der Waals surface area contributed by atoms with Crippen molar-refractivity contribution in [2.24, 2.45) is 0 Å². The second kappa shape index (κ2) is 11.0. The molecule has 4 nitrogen and oxygen atoms in total. The van der Waals surface area contributed by atoms with E-state index in [2.05, 4.69) is 31.0 Å². The maximum absolute atomic E-state index is 5.17. The van der Waals surface area contributed by atoms with E-state index in [1.807, 2.05) is 0 Å². The normalized spacial score (nSPS) is 15.2. The van der Waals surface area contributed by atoms with Gasteiger partial charge in [0.25, 0.3) is 0 Å². The van der Waals surface area contributed by atoms with E-state index < -0.39 is 0 Å². The van der Waals surface area contributed by atoms with E-state index in [-0.39, 0.29) is 0 Å². The number of rotatable bonds is 11. The van der Waals surface area contributed by atoms with Crippen LogP contribution in [-0.4, -0.2) is 64.1 Å². The number of ether oxygens (including phenoxy) is 2. The summed E-state index contributed by atoms with van der Waals surface area (Å²) in [5.41, 5.74) is 0. The fourth-order valence-corrected chi connectivity index (χ4v) is 2.11. The molecule has 0 aliphatic carbocycles. The Hall–Kier alpha value is -0.160. The van der Waals surface area contributed by atoms with E-state index >= 15 is 0 Å². The summed E-state index contributed by atoms with van der Waals surface area (Å²) in [6, 6.07) is 1.04. The fraction of sp³-hybridized carbons (Fsp3) is 1.00. The predicted molar refractivity (Wildman–Crippen MR) is 72.5 cm³/mol. The van der Waals surface area contributed by atoms with Gasteiger partial charge in [0.2, 0.25) is 0 Å². The van der Waals surface area contributed by atoms with Crippen LogP contribution in [0.5, 0.6) is 0 Å². The average Bonchev–Trinajstić information content (AvgIpc) is 2.35. The van der Waals surface area contributed by atoms with Crippen LogP contribution in [0.3, 0.4) is 0 Å². The van der Waals surface area contributed by atoms with Gasteiger partial charge in [0.15, 0.2) is 0 Å². The molecule has 0 saturated heterocycles. The highest BCUT2D eigenvalue weighted by molar-refractivity contribution is 4.80. The van der Waals surface area contributed by atoms with E-state index in [0.29, 0.717) is 12.1 Å². The van der Waals surface area contributed by atoms with E-state index in [4.69, 9.17) is 9.47 Å². The number of methoxy groups -OCH3 is 2. The summed E-state index contributed by atoms with van der Waals surface area (Å²) in [5.74, 6) is 0. The van der Waals surface area contributed by atoms with E-state index in [0.717, 1.165) is 39.3 Å². The molecule has 2 unspecified atom stereocenters. The monoisotopic (exact) mass is 246 g/mol. The summed E-state index contributed by atoms with van der Waals surface area (Å²) in [6.07, 6.45) is 1.14. The van der Waals surface area contributed by atoms with Crippen LogP contribution < -0.4 is 5.32 Å². The maximum atomic E-state index is 5.17. The van der Waals surface area contributed by atoms with Gasteiger partial charge in [-0.2, -0.15) is 0 Å². The van der Waals surface area contributed by atoms with E-state index in [1.54, 1.807) is 14.2 Å². The van der Waals surface area contributed by atoms with Crippen LogP contribution in [-0.2, 0) is 9.47 Å². The zero-order valence-electron chi connectivity index (χ0n) is 12.2. The van der Waals surface area contributed by atoms with Crippen molar-refractivity contribution in [3.05, 3.63) is 0 Å². The summed E-state index contributed by atoms with van der Waals surface area (Å²) in [6.45, 7) is 11.2. The van der Waals surface area contributed by atoms with Crippen molar-refractivity contribution in [3.63, 3.8) is 0 Å². The third-order valence-corrected chi connectivity index (χ3v) is 3.23. The SMILES string of the molecule is CCNC(CC)C(C)N(CCOC)CCOC. The van der Waals surface area contributed by atoms with Gasteiger partial charge in [-0.15, -0.1) is 0 Å². The first-order chi connectivity index (χ1) is 8.21. The molecule has 0 radical (unpaired) electrons. The number of nitrogens with one attached hydrogen (secondary N) is 1. The van der Waals surface area contributed by atoms with Gasteiger partial charge in [-0.25, -0.2) is 0 Å². The molecule has 0 rings (SSSR count). The molecule has 0 spiro atoms. The quantitative estimate of drug-likeness (QED) is 0.597. The minimum absolute atomic E-state index is 0.505. The zero-order valence-corrected chi connectivity index (χ0v) is 12.2. The Morgan fingerprint density at radius 1 is 1.06 bits per heavy atom. The summed E-state index contributed by atoms with van der Waals surface area (Å²) in [5, 5.41) is 3.54. The molecule has 17 heavy (non-hydrogen) atoms.